The Morgan fingerprint density at radius 1 is 1.05 bits per heavy atom. The summed E-state index contributed by atoms with van der Waals surface area (Å²) in [6, 6.07) is 1.05. The van der Waals surface area contributed by atoms with Crippen LogP contribution in [0, 0.1) is 0 Å². The van der Waals surface area contributed by atoms with Crippen molar-refractivity contribution >= 4 is 0 Å². The third-order valence-electron chi connectivity index (χ3n) is 3.94. The fourth-order valence-corrected chi connectivity index (χ4v) is 2.00. The highest BCUT2D eigenvalue weighted by Crippen LogP contribution is 2.14. The SMILES string of the molecule is C=C(C)/C=C\C(=C)N(CC=C(C)C)C(C)CCN(C)C(C)C. The molecule has 0 fully saturated rings. The van der Waals surface area contributed by atoms with Crippen molar-refractivity contribution in [1.29, 1.82) is 0 Å². The van der Waals surface area contributed by atoms with E-state index >= 15 is 0 Å². The van der Waals surface area contributed by atoms with Crippen LogP contribution in [-0.2, 0) is 0 Å². The summed E-state index contributed by atoms with van der Waals surface area (Å²) >= 11 is 0. The van der Waals surface area contributed by atoms with E-state index in [9.17, 15) is 0 Å². The molecule has 1 unspecified atom stereocenters. The first-order chi connectivity index (χ1) is 10.1. The van der Waals surface area contributed by atoms with Crippen molar-refractivity contribution in [2.24, 2.45) is 0 Å². The first-order valence-corrected chi connectivity index (χ1v) is 8.27. The number of hydrogen-bond donors (Lipinski definition) is 0. The molecular formula is C20H36N2. The van der Waals surface area contributed by atoms with Gasteiger partial charge in [-0.25, -0.2) is 0 Å². The molecule has 0 aliphatic carbocycles. The second-order valence-corrected chi connectivity index (χ2v) is 6.82. The molecule has 0 saturated heterocycles. The monoisotopic (exact) mass is 304 g/mol. The Labute approximate surface area is 138 Å². The minimum atomic E-state index is 0.457. The first kappa shape index (κ1) is 20.7. The number of hydrogen-bond acceptors (Lipinski definition) is 2. The summed E-state index contributed by atoms with van der Waals surface area (Å²) in [6.07, 6.45) is 7.50. The molecule has 0 N–H and O–H groups in total. The summed E-state index contributed by atoms with van der Waals surface area (Å²) < 4.78 is 0. The van der Waals surface area contributed by atoms with Gasteiger partial charge in [-0.1, -0.05) is 36.5 Å². The van der Waals surface area contributed by atoms with E-state index < -0.39 is 0 Å². The second kappa shape index (κ2) is 10.4. The molecule has 22 heavy (non-hydrogen) atoms. The molecule has 0 aromatic carbocycles. The van der Waals surface area contributed by atoms with Gasteiger partial charge in [-0.15, -0.1) is 0 Å². The molecule has 0 spiro atoms. The molecule has 0 radical (unpaired) electrons. The van der Waals surface area contributed by atoms with Gasteiger partial charge >= 0.3 is 0 Å². The van der Waals surface area contributed by atoms with Gasteiger partial charge in [0.15, 0.2) is 0 Å². The molecular weight excluding hydrogens is 268 g/mol. The molecule has 0 aliphatic heterocycles. The molecule has 2 heteroatoms. The van der Waals surface area contributed by atoms with E-state index in [-0.39, 0.29) is 0 Å². The Hall–Kier alpha value is -1.28. The van der Waals surface area contributed by atoms with Gasteiger partial charge in [0.05, 0.1) is 0 Å². The van der Waals surface area contributed by atoms with Crippen LogP contribution in [0.1, 0.15) is 48.0 Å². The lowest BCUT2D eigenvalue weighted by Gasteiger charge is -2.33. The summed E-state index contributed by atoms with van der Waals surface area (Å²) in [4.78, 5) is 4.77. The van der Waals surface area contributed by atoms with E-state index in [1.54, 1.807) is 0 Å². The van der Waals surface area contributed by atoms with Crippen LogP contribution in [0.2, 0.25) is 0 Å². The fourth-order valence-electron chi connectivity index (χ4n) is 2.00. The summed E-state index contributed by atoms with van der Waals surface area (Å²) in [5.41, 5.74) is 3.45. The molecule has 0 bridgehead atoms. The van der Waals surface area contributed by atoms with Crippen molar-refractivity contribution in [2.75, 3.05) is 20.1 Å². The Kier molecular flexibility index (Phi) is 9.84. The average molecular weight is 305 g/mol. The maximum Gasteiger partial charge on any atom is 0.0364 e. The molecule has 126 valence electrons. The van der Waals surface area contributed by atoms with Crippen LogP contribution in [0.3, 0.4) is 0 Å². The molecule has 0 aromatic heterocycles. The fraction of sp³-hybridized carbons (Fsp3) is 0.600. The van der Waals surface area contributed by atoms with E-state index in [1.807, 2.05) is 13.0 Å². The highest BCUT2D eigenvalue weighted by molar-refractivity contribution is 5.23. The average Bonchev–Trinajstić information content (AvgIpc) is 2.41. The topological polar surface area (TPSA) is 6.48 Å². The van der Waals surface area contributed by atoms with E-state index in [1.165, 1.54) is 5.57 Å². The zero-order valence-electron chi connectivity index (χ0n) is 15.8. The Morgan fingerprint density at radius 2 is 1.64 bits per heavy atom. The predicted molar refractivity (Wildman–Crippen MR) is 101 cm³/mol. The smallest absolute Gasteiger partial charge is 0.0364 e. The molecule has 0 saturated carbocycles. The zero-order chi connectivity index (χ0) is 17.3. The molecule has 0 heterocycles. The third-order valence-corrected chi connectivity index (χ3v) is 3.94. The quantitative estimate of drug-likeness (QED) is 0.413. The first-order valence-electron chi connectivity index (χ1n) is 8.27. The van der Waals surface area contributed by atoms with Gasteiger partial charge in [-0.05, 0) is 61.1 Å². The van der Waals surface area contributed by atoms with Gasteiger partial charge in [-0.3, -0.25) is 0 Å². The minimum Gasteiger partial charge on any atom is -0.366 e. The van der Waals surface area contributed by atoms with E-state index in [0.717, 1.165) is 30.8 Å². The predicted octanol–water partition coefficient (Wildman–Crippen LogP) is 5.02. The van der Waals surface area contributed by atoms with Crippen LogP contribution in [0.15, 0.2) is 48.2 Å². The molecule has 0 aliphatic rings. The zero-order valence-corrected chi connectivity index (χ0v) is 15.8. The third kappa shape index (κ3) is 8.89. The Balaban J connectivity index is 4.86. The standard InChI is InChI=1S/C20H36N2/c1-16(2)10-11-19(7)22(15-12-17(3)4)20(8)13-14-21(9)18(5)6/h10-12,18,20H,1,7,13-15H2,2-6,8-9H3/b11-10-. The normalized spacial score (nSPS) is 12.8. The van der Waals surface area contributed by atoms with Crippen molar-refractivity contribution in [3.8, 4) is 0 Å². The van der Waals surface area contributed by atoms with Gasteiger partial charge in [-0.2, -0.15) is 0 Å². The summed E-state index contributed by atoms with van der Waals surface area (Å²) in [6.45, 7) is 23.2. The summed E-state index contributed by atoms with van der Waals surface area (Å²) in [5, 5.41) is 0. The van der Waals surface area contributed by atoms with Crippen molar-refractivity contribution in [3.63, 3.8) is 0 Å². The summed E-state index contributed by atoms with van der Waals surface area (Å²) in [7, 11) is 2.19. The molecule has 0 amide bonds. The molecule has 1 atom stereocenters. The van der Waals surface area contributed by atoms with Crippen LogP contribution in [-0.4, -0.2) is 42.0 Å². The van der Waals surface area contributed by atoms with Crippen molar-refractivity contribution in [2.45, 2.75) is 60.0 Å². The maximum absolute atomic E-state index is 4.24. The highest BCUT2D eigenvalue weighted by Gasteiger charge is 2.14. The van der Waals surface area contributed by atoms with E-state index in [2.05, 4.69) is 76.8 Å². The number of allylic oxidation sites excluding steroid dienone is 4. The van der Waals surface area contributed by atoms with E-state index in [0.29, 0.717) is 12.1 Å². The van der Waals surface area contributed by atoms with Gasteiger partial charge < -0.3 is 9.80 Å². The van der Waals surface area contributed by atoms with Gasteiger partial charge in [0.1, 0.15) is 0 Å². The number of nitrogens with zero attached hydrogens (tertiary/aromatic N) is 2. The molecule has 2 nitrogen and oxygen atoms in total. The second-order valence-electron chi connectivity index (χ2n) is 6.82. The van der Waals surface area contributed by atoms with Crippen molar-refractivity contribution in [3.05, 3.63) is 48.2 Å². The maximum atomic E-state index is 4.24. The lowest BCUT2D eigenvalue weighted by atomic mass is 10.1. The Morgan fingerprint density at radius 3 is 2.09 bits per heavy atom. The lowest BCUT2D eigenvalue weighted by Crippen LogP contribution is -2.36. The lowest BCUT2D eigenvalue weighted by molar-refractivity contribution is 0.220. The number of rotatable bonds is 10. The van der Waals surface area contributed by atoms with Gasteiger partial charge in [0, 0.05) is 30.9 Å². The van der Waals surface area contributed by atoms with Crippen molar-refractivity contribution < 1.29 is 0 Å². The van der Waals surface area contributed by atoms with Crippen LogP contribution < -0.4 is 0 Å². The molecule has 0 aromatic rings. The summed E-state index contributed by atoms with van der Waals surface area (Å²) in [5.74, 6) is 0. The Bertz CT molecular complexity index is 411. The van der Waals surface area contributed by atoms with Crippen LogP contribution in [0.25, 0.3) is 0 Å². The van der Waals surface area contributed by atoms with Crippen LogP contribution in [0.5, 0.6) is 0 Å². The van der Waals surface area contributed by atoms with Crippen LogP contribution >= 0.6 is 0 Å². The largest absolute Gasteiger partial charge is 0.366 e. The van der Waals surface area contributed by atoms with Gasteiger partial charge in [0.25, 0.3) is 0 Å². The molecule has 0 rings (SSSR count). The van der Waals surface area contributed by atoms with Crippen molar-refractivity contribution in [1.82, 2.24) is 9.80 Å². The highest BCUT2D eigenvalue weighted by atomic mass is 15.2. The minimum absolute atomic E-state index is 0.457. The van der Waals surface area contributed by atoms with Gasteiger partial charge in [0.2, 0.25) is 0 Å². The van der Waals surface area contributed by atoms with E-state index in [4.69, 9.17) is 0 Å². The van der Waals surface area contributed by atoms with Crippen LogP contribution in [0.4, 0.5) is 0 Å².